The van der Waals surface area contributed by atoms with Gasteiger partial charge in [-0.05, 0) is 40.8 Å². The van der Waals surface area contributed by atoms with E-state index in [2.05, 4.69) is 5.32 Å². The molecule has 18 heavy (non-hydrogen) atoms. The fourth-order valence-electron chi connectivity index (χ4n) is 2.87. The molecule has 0 aromatic heterocycles. The normalized spacial score (nSPS) is 25.8. The molecule has 0 aromatic carbocycles. The zero-order valence-corrected chi connectivity index (χ0v) is 12.0. The smallest absolute Gasteiger partial charge is 0.224 e. The number of ketones is 1. The minimum atomic E-state index is -0.110. The second kappa shape index (κ2) is 6.88. The van der Waals surface area contributed by atoms with Gasteiger partial charge in [0.05, 0.1) is 0 Å². The van der Waals surface area contributed by atoms with Crippen LogP contribution < -0.4 is 5.32 Å². The van der Waals surface area contributed by atoms with E-state index in [1.54, 1.807) is 6.92 Å². The number of Topliss-reactive ketones (excluding diaryl/α,β-unsaturated/α-hetero) is 1. The van der Waals surface area contributed by atoms with Crippen LogP contribution in [0.5, 0.6) is 0 Å². The van der Waals surface area contributed by atoms with Crippen molar-refractivity contribution in [2.45, 2.75) is 45.6 Å². The average molecular weight is 254 g/mol. The Morgan fingerprint density at radius 3 is 2.28 bits per heavy atom. The molecule has 0 radical (unpaired) electrons. The van der Waals surface area contributed by atoms with Crippen molar-refractivity contribution in [2.24, 2.45) is 11.8 Å². The minimum absolute atomic E-state index is 0.0595. The quantitative estimate of drug-likeness (QED) is 0.808. The van der Waals surface area contributed by atoms with E-state index in [1.165, 1.54) is 0 Å². The van der Waals surface area contributed by atoms with Crippen LogP contribution in [-0.4, -0.2) is 43.3 Å². The lowest BCUT2D eigenvalue weighted by Crippen LogP contribution is -2.45. The van der Waals surface area contributed by atoms with Crippen molar-refractivity contribution in [3.05, 3.63) is 0 Å². The third kappa shape index (κ3) is 4.41. The van der Waals surface area contributed by atoms with Crippen LogP contribution >= 0.6 is 0 Å². The third-order valence-electron chi connectivity index (χ3n) is 3.65. The van der Waals surface area contributed by atoms with Crippen LogP contribution in [0.2, 0.25) is 0 Å². The van der Waals surface area contributed by atoms with Crippen molar-refractivity contribution in [3.8, 4) is 0 Å². The molecule has 0 aliphatic heterocycles. The molecule has 1 aliphatic carbocycles. The third-order valence-corrected chi connectivity index (χ3v) is 3.65. The van der Waals surface area contributed by atoms with E-state index >= 15 is 0 Å². The van der Waals surface area contributed by atoms with Gasteiger partial charge in [-0.3, -0.25) is 9.59 Å². The lowest BCUT2D eigenvalue weighted by Gasteiger charge is -2.30. The molecule has 0 saturated heterocycles. The number of carbonyl (C=O) groups is 2. The SMILES string of the molecule is CC(=O)[C@H]1CCCC[C@H]1C(=O)NC(C)CN(C)C. The Morgan fingerprint density at radius 1 is 1.22 bits per heavy atom. The zero-order valence-electron chi connectivity index (χ0n) is 12.0. The van der Waals surface area contributed by atoms with E-state index in [1.807, 2.05) is 25.9 Å². The summed E-state index contributed by atoms with van der Waals surface area (Å²) in [6, 6.07) is 0.127. The predicted molar refractivity (Wildman–Crippen MR) is 72.3 cm³/mol. The highest BCUT2D eigenvalue weighted by molar-refractivity contribution is 5.87. The maximum absolute atomic E-state index is 12.2. The summed E-state index contributed by atoms with van der Waals surface area (Å²) in [6.07, 6.45) is 3.85. The monoisotopic (exact) mass is 254 g/mol. The predicted octanol–water partition coefficient (Wildman–Crippen LogP) is 1.45. The summed E-state index contributed by atoms with van der Waals surface area (Å²) in [4.78, 5) is 25.9. The first-order chi connectivity index (χ1) is 8.41. The van der Waals surface area contributed by atoms with Crippen molar-refractivity contribution in [2.75, 3.05) is 20.6 Å². The second-order valence-corrected chi connectivity index (χ2v) is 5.78. The first kappa shape index (κ1) is 15.2. The molecule has 4 nitrogen and oxygen atoms in total. The fourth-order valence-corrected chi connectivity index (χ4v) is 2.87. The van der Waals surface area contributed by atoms with E-state index in [9.17, 15) is 9.59 Å². The van der Waals surface area contributed by atoms with Crippen LogP contribution in [0.25, 0.3) is 0 Å². The van der Waals surface area contributed by atoms with Crippen LogP contribution in [0.1, 0.15) is 39.5 Å². The van der Waals surface area contributed by atoms with Crippen LogP contribution in [0.4, 0.5) is 0 Å². The summed E-state index contributed by atoms with van der Waals surface area (Å²) < 4.78 is 0. The molecular formula is C14H26N2O2. The summed E-state index contributed by atoms with van der Waals surface area (Å²) in [7, 11) is 3.98. The Labute approximate surface area is 110 Å². The Balaban J connectivity index is 2.55. The first-order valence-electron chi connectivity index (χ1n) is 6.87. The van der Waals surface area contributed by atoms with Crippen LogP contribution in [-0.2, 0) is 9.59 Å². The molecule has 0 spiro atoms. The molecule has 0 bridgehead atoms. The first-order valence-corrected chi connectivity index (χ1v) is 6.87. The van der Waals surface area contributed by atoms with Gasteiger partial charge >= 0.3 is 0 Å². The van der Waals surface area contributed by atoms with Crippen LogP contribution in [0.3, 0.4) is 0 Å². The van der Waals surface area contributed by atoms with Crippen molar-refractivity contribution in [1.82, 2.24) is 10.2 Å². The van der Waals surface area contributed by atoms with Crippen LogP contribution in [0.15, 0.2) is 0 Å². The van der Waals surface area contributed by atoms with E-state index in [-0.39, 0.29) is 29.6 Å². The van der Waals surface area contributed by atoms with Gasteiger partial charge in [0.15, 0.2) is 0 Å². The van der Waals surface area contributed by atoms with Gasteiger partial charge in [0.25, 0.3) is 0 Å². The molecule has 3 atom stereocenters. The highest BCUT2D eigenvalue weighted by atomic mass is 16.2. The molecular weight excluding hydrogens is 228 g/mol. The van der Waals surface area contributed by atoms with Crippen molar-refractivity contribution >= 4 is 11.7 Å². The molecule has 1 N–H and O–H groups in total. The second-order valence-electron chi connectivity index (χ2n) is 5.78. The van der Waals surface area contributed by atoms with E-state index in [0.717, 1.165) is 32.2 Å². The van der Waals surface area contributed by atoms with Crippen molar-refractivity contribution in [1.29, 1.82) is 0 Å². The van der Waals surface area contributed by atoms with Gasteiger partial charge in [-0.15, -0.1) is 0 Å². The maximum atomic E-state index is 12.2. The Bertz CT molecular complexity index is 302. The Morgan fingerprint density at radius 2 is 1.78 bits per heavy atom. The highest BCUT2D eigenvalue weighted by Crippen LogP contribution is 2.30. The van der Waals surface area contributed by atoms with Gasteiger partial charge < -0.3 is 10.2 Å². The molecule has 4 heteroatoms. The maximum Gasteiger partial charge on any atom is 0.224 e. The van der Waals surface area contributed by atoms with Crippen LogP contribution in [0, 0.1) is 11.8 Å². The molecule has 0 aromatic rings. The molecule has 1 aliphatic rings. The Hall–Kier alpha value is -0.900. The number of rotatable bonds is 5. The largest absolute Gasteiger partial charge is 0.352 e. The van der Waals surface area contributed by atoms with Gasteiger partial charge in [-0.2, -0.15) is 0 Å². The Kier molecular flexibility index (Phi) is 5.79. The summed E-state index contributed by atoms with van der Waals surface area (Å²) in [5.41, 5.74) is 0. The van der Waals surface area contributed by atoms with E-state index in [4.69, 9.17) is 0 Å². The summed E-state index contributed by atoms with van der Waals surface area (Å²) >= 11 is 0. The number of amides is 1. The summed E-state index contributed by atoms with van der Waals surface area (Å²) in [5, 5.41) is 3.03. The number of hydrogen-bond acceptors (Lipinski definition) is 3. The number of hydrogen-bond donors (Lipinski definition) is 1. The van der Waals surface area contributed by atoms with Crippen molar-refractivity contribution < 1.29 is 9.59 Å². The molecule has 104 valence electrons. The zero-order chi connectivity index (χ0) is 13.7. The van der Waals surface area contributed by atoms with Gasteiger partial charge in [0, 0.05) is 24.4 Å². The molecule has 1 unspecified atom stereocenters. The molecule has 1 amide bonds. The number of carbonyl (C=O) groups excluding carboxylic acids is 2. The lowest BCUT2D eigenvalue weighted by atomic mass is 9.76. The van der Waals surface area contributed by atoms with Gasteiger partial charge in [-0.25, -0.2) is 0 Å². The molecule has 1 saturated carbocycles. The number of nitrogens with zero attached hydrogens (tertiary/aromatic N) is 1. The number of nitrogens with one attached hydrogen (secondary N) is 1. The topological polar surface area (TPSA) is 49.4 Å². The fraction of sp³-hybridized carbons (Fsp3) is 0.857. The van der Waals surface area contributed by atoms with E-state index < -0.39 is 0 Å². The molecule has 0 heterocycles. The van der Waals surface area contributed by atoms with Gasteiger partial charge in [-0.1, -0.05) is 12.8 Å². The molecule has 1 rings (SSSR count). The summed E-state index contributed by atoms with van der Waals surface area (Å²) in [6.45, 7) is 4.44. The standard InChI is InChI=1S/C14H26N2O2/c1-10(9-16(3)4)15-14(18)13-8-6-5-7-12(13)11(2)17/h10,12-13H,5-9H2,1-4H3,(H,15,18)/t10?,12-,13-/m1/s1. The van der Waals surface area contributed by atoms with Gasteiger partial charge in [0.2, 0.25) is 5.91 Å². The van der Waals surface area contributed by atoms with E-state index in [0.29, 0.717) is 0 Å². The highest BCUT2D eigenvalue weighted by Gasteiger charge is 2.34. The lowest BCUT2D eigenvalue weighted by molar-refractivity contribution is -0.134. The summed E-state index contributed by atoms with van der Waals surface area (Å²) in [5.74, 6) is 0.0468. The van der Waals surface area contributed by atoms with Crippen molar-refractivity contribution in [3.63, 3.8) is 0 Å². The number of likely N-dealkylation sites (N-methyl/N-ethyl adjacent to an activating group) is 1. The minimum Gasteiger partial charge on any atom is -0.352 e. The molecule has 1 fully saturated rings. The van der Waals surface area contributed by atoms with Gasteiger partial charge in [0.1, 0.15) is 5.78 Å². The average Bonchev–Trinajstić information content (AvgIpc) is 2.27.